The summed E-state index contributed by atoms with van der Waals surface area (Å²) in [7, 11) is 7.59. The Morgan fingerprint density at radius 3 is 2.41 bits per heavy atom. The monoisotopic (exact) mass is 673 g/mol. The van der Waals surface area contributed by atoms with Gasteiger partial charge < -0.3 is 38.8 Å². The summed E-state index contributed by atoms with van der Waals surface area (Å²) in [5.41, 5.74) is 4.56. The largest absolute Gasteiger partial charge is 0.497 e. The van der Waals surface area contributed by atoms with E-state index < -0.39 is 5.60 Å². The molecule has 49 heavy (non-hydrogen) atoms. The molecule has 266 valence electrons. The molecule has 0 bridgehead atoms. The highest BCUT2D eigenvalue weighted by Gasteiger charge is 2.27. The van der Waals surface area contributed by atoms with E-state index in [4.69, 9.17) is 24.2 Å². The zero-order valence-corrected chi connectivity index (χ0v) is 30.8. The van der Waals surface area contributed by atoms with Crippen molar-refractivity contribution in [1.82, 2.24) is 24.3 Å². The van der Waals surface area contributed by atoms with Gasteiger partial charge in [-0.25, -0.2) is 14.8 Å². The number of pyridine rings is 1. The van der Waals surface area contributed by atoms with Crippen LogP contribution in [0.25, 0.3) is 21.9 Å². The molecule has 0 radical (unpaired) electrons. The number of unbranched alkanes of at least 4 members (excludes halogenated alkanes) is 2. The first-order valence-corrected chi connectivity index (χ1v) is 17.7. The van der Waals surface area contributed by atoms with E-state index in [-0.39, 0.29) is 6.09 Å². The number of aryl methyl sites for hydroxylation is 2. The van der Waals surface area contributed by atoms with E-state index in [9.17, 15) is 4.79 Å². The van der Waals surface area contributed by atoms with Crippen LogP contribution in [0.4, 0.5) is 16.3 Å². The number of aromatic nitrogens is 3. The number of carbonyl (C=O) groups is 1. The Bertz CT molecular complexity index is 1720. The van der Waals surface area contributed by atoms with Crippen LogP contribution in [-0.4, -0.2) is 97.1 Å². The van der Waals surface area contributed by atoms with E-state index in [2.05, 4.69) is 58.9 Å². The molecule has 5 rings (SSSR count). The van der Waals surface area contributed by atoms with E-state index in [0.717, 1.165) is 115 Å². The van der Waals surface area contributed by atoms with E-state index in [1.165, 1.54) is 0 Å². The number of rotatable bonds is 14. The molecule has 11 nitrogen and oxygen atoms in total. The molecular weight excluding hydrogens is 618 g/mol. The third kappa shape index (κ3) is 8.86. The third-order valence-corrected chi connectivity index (χ3v) is 8.97. The average Bonchev–Trinajstić information content (AvgIpc) is 3.45. The number of benzene rings is 2. The number of nitrogens with zero attached hydrogens (tertiary/aromatic N) is 6. The van der Waals surface area contributed by atoms with Gasteiger partial charge in [0.2, 0.25) is 0 Å². The highest BCUT2D eigenvalue weighted by atomic mass is 16.6. The maximum Gasteiger partial charge on any atom is 0.410 e. The SMILES string of the molecule is CCCCc1nc2c(NCc3ccc(OC)cc3OC)nc3ccc(N4CCN(C(=O)OC(C)(C)C)CC4)cc3c2n1CCCCN(C)C. The van der Waals surface area contributed by atoms with Crippen LogP contribution in [-0.2, 0) is 24.2 Å². The molecule has 4 aromatic rings. The Hall–Kier alpha value is -4.25. The second kappa shape index (κ2) is 16.0. The summed E-state index contributed by atoms with van der Waals surface area (Å²) in [6.45, 7) is 13.1. The third-order valence-electron chi connectivity index (χ3n) is 8.97. The van der Waals surface area contributed by atoms with Crippen LogP contribution in [0.2, 0.25) is 0 Å². The van der Waals surface area contributed by atoms with Gasteiger partial charge in [0.1, 0.15) is 28.4 Å². The first-order chi connectivity index (χ1) is 23.5. The lowest BCUT2D eigenvalue weighted by Crippen LogP contribution is -2.50. The van der Waals surface area contributed by atoms with Crippen molar-refractivity contribution in [2.24, 2.45) is 0 Å². The fraction of sp³-hybridized carbons (Fsp3) is 0.553. The summed E-state index contributed by atoms with van der Waals surface area (Å²) in [5, 5.41) is 4.72. The molecule has 1 aliphatic heterocycles. The second-order valence-electron chi connectivity index (χ2n) is 14.1. The molecule has 0 aliphatic carbocycles. The van der Waals surface area contributed by atoms with E-state index in [1.54, 1.807) is 19.1 Å². The molecule has 11 heteroatoms. The summed E-state index contributed by atoms with van der Waals surface area (Å²) in [6.07, 6.45) is 5.01. The lowest BCUT2D eigenvalue weighted by molar-refractivity contribution is 0.0240. The Labute approximate surface area is 291 Å². The maximum atomic E-state index is 12.7. The molecule has 0 saturated carbocycles. The summed E-state index contributed by atoms with van der Waals surface area (Å²) in [5.74, 6) is 3.39. The van der Waals surface area contributed by atoms with Gasteiger partial charge in [0.15, 0.2) is 5.82 Å². The molecule has 1 fully saturated rings. The van der Waals surface area contributed by atoms with Crippen LogP contribution in [0.3, 0.4) is 0 Å². The smallest absolute Gasteiger partial charge is 0.410 e. The van der Waals surface area contributed by atoms with Crippen molar-refractivity contribution in [2.75, 3.05) is 71.3 Å². The maximum absolute atomic E-state index is 12.7. The van der Waals surface area contributed by atoms with Crippen molar-refractivity contribution >= 4 is 39.5 Å². The predicted octanol–water partition coefficient (Wildman–Crippen LogP) is 6.96. The van der Waals surface area contributed by atoms with Crippen LogP contribution >= 0.6 is 0 Å². The average molecular weight is 674 g/mol. The molecule has 0 atom stereocenters. The highest BCUT2D eigenvalue weighted by molar-refractivity contribution is 6.08. The molecule has 1 aliphatic rings. The minimum Gasteiger partial charge on any atom is -0.497 e. The number of fused-ring (bicyclic) bond motifs is 3. The van der Waals surface area contributed by atoms with Crippen molar-refractivity contribution < 1.29 is 19.0 Å². The van der Waals surface area contributed by atoms with Gasteiger partial charge in [-0.2, -0.15) is 0 Å². The van der Waals surface area contributed by atoms with Gasteiger partial charge in [0.05, 0.1) is 25.3 Å². The standard InChI is InChI=1S/C38H55N7O4/c1-9-10-13-33-41-34-35(45(33)19-12-11-18-42(5)6)30-24-28(43-20-22-44(23-21-43)37(46)49-38(2,3)4)15-17-31(30)40-36(34)39-26-27-14-16-29(47-7)25-32(27)48-8/h14-17,24-25H,9-13,18-23,26H2,1-8H3,(H,39,40). The zero-order chi connectivity index (χ0) is 35.1. The number of imidazole rings is 1. The Morgan fingerprint density at radius 2 is 1.73 bits per heavy atom. The van der Waals surface area contributed by atoms with Crippen LogP contribution in [0, 0.1) is 0 Å². The Morgan fingerprint density at radius 1 is 0.959 bits per heavy atom. The molecule has 1 amide bonds. The fourth-order valence-corrected chi connectivity index (χ4v) is 6.36. The molecule has 1 saturated heterocycles. The van der Waals surface area contributed by atoms with Gasteiger partial charge in [0, 0.05) is 68.4 Å². The van der Waals surface area contributed by atoms with Gasteiger partial charge in [-0.3, -0.25) is 0 Å². The molecule has 2 aromatic heterocycles. The molecular formula is C38H55N7O4. The van der Waals surface area contributed by atoms with Crippen molar-refractivity contribution in [1.29, 1.82) is 0 Å². The van der Waals surface area contributed by atoms with Crippen molar-refractivity contribution in [2.45, 2.75) is 78.5 Å². The number of piperazine rings is 1. The number of nitrogens with one attached hydrogen (secondary N) is 1. The van der Waals surface area contributed by atoms with Crippen LogP contribution in [0.1, 0.15) is 64.8 Å². The molecule has 2 aromatic carbocycles. The summed E-state index contributed by atoms with van der Waals surface area (Å²) in [4.78, 5) is 29.6. The Balaban J connectivity index is 1.52. The Kier molecular flexibility index (Phi) is 11.7. The normalized spacial score (nSPS) is 13.8. The number of hydrogen-bond acceptors (Lipinski definition) is 9. The number of carbonyl (C=O) groups excluding carboxylic acids is 1. The quantitative estimate of drug-likeness (QED) is 0.143. The van der Waals surface area contributed by atoms with Gasteiger partial charge >= 0.3 is 6.09 Å². The second-order valence-corrected chi connectivity index (χ2v) is 14.1. The zero-order valence-electron chi connectivity index (χ0n) is 30.8. The highest BCUT2D eigenvalue weighted by Crippen LogP contribution is 2.35. The first kappa shape index (κ1) is 36.0. The fourth-order valence-electron chi connectivity index (χ4n) is 6.36. The van der Waals surface area contributed by atoms with Crippen molar-refractivity contribution in [3.63, 3.8) is 0 Å². The lowest BCUT2D eigenvalue weighted by Gasteiger charge is -2.36. The number of amides is 1. The minimum absolute atomic E-state index is 0.248. The number of hydrogen-bond donors (Lipinski definition) is 1. The van der Waals surface area contributed by atoms with Gasteiger partial charge in [0.25, 0.3) is 0 Å². The van der Waals surface area contributed by atoms with Gasteiger partial charge in [-0.05, 0) is 91.0 Å². The van der Waals surface area contributed by atoms with E-state index in [1.807, 2.05) is 39.0 Å². The van der Waals surface area contributed by atoms with Crippen molar-refractivity contribution in [3.05, 3.63) is 47.8 Å². The van der Waals surface area contributed by atoms with Crippen LogP contribution < -0.4 is 19.7 Å². The molecule has 0 unspecified atom stereocenters. The van der Waals surface area contributed by atoms with Gasteiger partial charge in [-0.15, -0.1) is 0 Å². The van der Waals surface area contributed by atoms with E-state index in [0.29, 0.717) is 19.6 Å². The number of methoxy groups -OCH3 is 2. The molecule has 0 spiro atoms. The van der Waals surface area contributed by atoms with Crippen LogP contribution in [0.5, 0.6) is 11.5 Å². The molecule has 3 heterocycles. The number of anilines is 2. The molecule has 1 N–H and O–H groups in total. The summed E-state index contributed by atoms with van der Waals surface area (Å²) < 4.78 is 19.2. The lowest BCUT2D eigenvalue weighted by atomic mass is 10.1. The topological polar surface area (TPSA) is 97.2 Å². The van der Waals surface area contributed by atoms with Crippen LogP contribution in [0.15, 0.2) is 36.4 Å². The summed E-state index contributed by atoms with van der Waals surface area (Å²) in [6, 6.07) is 12.4. The first-order valence-electron chi connectivity index (χ1n) is 17.7. The van der Waals surface area contributed by atoms with E-state index >= 15 is 0 Å². The minimum atomic E-state index is -0.509. The number of ether oxygens (including phenoxy) is 3. The summed E-state index contributed by atoms with van der Waals surface area (Å²) >= 11 is 0. The predicted molar refractivity (Wildman–Crippen MR) is 198 cm³/mol. The van der Waals surface area contributed by atoms with Crippen molar-refractivity contribution in [3.8, 4) is 11.5 Å². The van der Waals surface area contributed by atoms with Gasteiger partial charge in [-0.1, -0.05) is 13.3 Å².